The molecule has 0 amide bonds. The Morgan fingerprint density at radius 2 is 1.94 bits per heavy atom. The van der Waals surface area contributed by atoms with Gasteiger partial charge in [0.15, 0.2) is 0 Å². The van der Waals surface area contributed by atoms with Crippen LogP contribution in [-0.2, 0) is 0 Å². The van der Waals surface area contributed by atoms with Crippen LogP contribution in [0.25, 0.3) is 0 Å². The minimum absolute atomic E-state index is 0.521. The number of benzene rings is 1. The SMILES string of the molecule is Cc1cc(C(Br)C2CC2c2ccccc2)c(C)s1. The predicted molar refractivity (Wildman–Crippen MR) is 82.8 cm³/mol. The lowest BCUT2D eigenvalue weighted by Gasteiger charge is -2.09. The van der Waals surface area contributed by atoms with E-state index in [2.05, 4.69) is 66.2 Å². The lowest BCUT2D eigenvalue weighted by atomic mass is 10.0. The van der Waals surface area contributed by atoms with E-state index in [1.807, 2.05) is 11.3 Å². The van der Waals surface area contributed by atoms with Gasteiger partial charge < -0.3 is 0 Å². The fourth-order valence-corrected chi connectivity index (χ4v) is 4.96. The van der Waals surface area contributed by atoms with E-state index in [1.54, 1.807) is 0 Å². The number of alkyl halides is 1. The summed E-state index contributed by atoms with van der Waals surface area (Å²) >= 11 is 5.83. The third-order valence-electron chi connectivity index (χ3n) is 3.82. The van der Waals surface area contributed by atoms with Crippen molar-refractivity contribution < 1.29 is 0 Å². The van der Waals surface area contributed by atoms with Crippen molar-refractivity contribution in [3.63, 3.8) is 0 Å². The molecule has 1 aliphatic carbocycles. The molecule has 0 N–H and O–H groups in total. The Hall–Kier alpha value is -0.600. The van der Waals surface area contributed by atoms with Crippen molar-refractivity contribution in [3.05, 3.63) is 57.3 Å². The Kier molecular flexibility index (Phi) is 3.33. The van der Waals surface area contributed by atoms with Gasteiger partial charge in [-0.15, -0.1) is 11.3 Å². The minimum atomic E-state index is 0.521. The third kappa shape index (κ3) is 2.28. The Balaban J connectivity index is 1.77. The van der Waals surface area contributed by atoms with E-state index in [0.29, 0.717) is 4.83 Å². The molecule has 0 bridgehead atoms. The molecule has 3 unspecified atom stereocenters. The maximum Gasteiger partial charge on any atom is 0.0440 e. The highest BCUT2D eigenvalue weighted by atomic mass is 79.9. The van der Waals surface area contributed by atoms with E-state index in [-0.39, 0.29) is 0 Å². The van der Waals surface area contributed by atoms with Gasteiger partial charge in [0.25, 0.3) is 0 Å². The highest BCUT2D eigenvalue weighted by Crippen LogP contribution is 2.57. The average molecular weight is 321 g/mol. The number of aryl methyl sites for hydroxylation is 2. The summed E-state index contributed by atoms with van der Waals surface area (Å²) in [5.74, 6) is 1.51. The zero-order chi connectivity index (χ0) is 12.7. The van der Waals surface area contributed by atoms with Crippen molar-refractivity contribution in [3.8, 4) is 0 Å². The summed E-state index contributed by atoms with van der Waals surface area (Å²) in [5, 5.41) is 0. The zero-order valence-electron chi connectivity index (χ0n) is 10.7. The van der Waals surface area contributed by atoms with Crippen molar-refractivity contribution >= 4 is 27.3 Å². The first kappa shape index (κ1) is 12.4. The number of thiophene rings is 1. The van der Waals surface area contributed by atoms with Crippen molar-refractivity contribution in [1.29, 1.82) is 0 Å². The van der Waals surface area contributed by atoms with E-state index >= 15 is 0 Å². The van der Waals surface area contributed by atoms with Gasteiger partial charge in [0, 0.05) is 14.6 Å². The van der Waals surface area contributed by atoms with E-state index in [9.17, 15) is 0 Å². The molecule has 0 radical (unpaired) electrons. The van der Waals surface area contributed by atoms with Gasteiger partial charge in [0.05, 0.1) is 0 Å². The fraction of sp³-hybridized carbons (Fsp3) is 0.375. The minimum Gasteiger partial charge on any atom is -0.146 e. The summed E-state index contributed by atoms with van der Waals surface area (Å²) in [6.45, 7) is 4.43. The van der Waals surface area contributed by atoms with Crippen LogP contribution in [0.4, 0.5) is 0 Å². The molecular weight excluding hydrogens is 304 g/mol. The molecule has 1 heterocycles. The van der Waals surface area contributed by atoms with Gasteiger partial charge >= 0.3 is 0 Å². The molecule has 0 nitrogen and oxygen atoms in total. The van der Waals surface area contributed by atoms with Crippen LogP contribution >= 0.6 is 27.3 Å². The van der Waals surface area contributed by atoms with Crippen LogP contribution in [0.3, 0.4) is 0 Å². The molecule has 2 aromatic rings. The van der Waals surface area contributed by atoms with Crippen LogP contribution in [-0.4, -0.2) is 0 Å². The van der Waals surface area contributed by atoms with E-state index in [4.69, 9.17) is 0 Å². The van der Waals surface area contributed by atoms with Gasteiger partial charge in [0.2, 0.25) is 0 Å². The average Bonchev–Trinajstić information content (AvgIpc) is 3.10. The summed E-state index contributed by atoms with van der Waals surface area (Å²) in [6.07, 6.45) is 1.31. The first-order chi connectivity index (χ1) is 8.66. The highest BCUT2D eigenvalue weighted by Gasteiger charge is 2.43. The topological polar surface area (TPSA) is 0 Å². The third-order valence-corrected chi connectivity index (χ3v) is 5.97. The predicted octanol–water partition coefficient (Wildman–Crippen LogP) is 5.60. The molecule has 1 fully saturated rings. The van der Waals surface area contributed by atoms with E-state index in [0.717, 1.165) is 11.8 Å². The Labute approximate surface area is 121 Å². The van der Waals surface area contributed by atoms with Crippen LogP contribution in [0.1, 0.15) is 38.0 Å². The number of hydrogen-bond acceptors (Lipinski definition) is 1. The van der Waals surface area contributed by atoms with Gasteiger partial charge in [-0.3, -0.25) is 0 Å². The molecule has 0 spiro atoms. The number of rotatable bonds is 3. The molecule has 18 heavy (non-hydrogen) atoms. The molecule has 1 aromatic heterocycles. The van der Waals surface area contributed by atoms with Crippen LogP contribution in [0.2, 0.25) is 0 Å². The normalized spacial score (nSPS) is 23.9. The summed E-state index contributed by atoms with van der Waals surface area (Å²) < 4.78 is 0. The number of halogens is 1. The zero-order valence-corrected chi connectivity index (χ0v) is 13.1. The largest absolute Gasteiger partial charge is 0.146 e. The number of hydrogen-bond donors (Lipinski definition) is 0. The standard InChI is InChI=1S/C16H17BrS/c1-10-8-13(11(2)18-10)16(17)15-9-14(15)12-6-4-3-5-7-12/h3-8,14-16H,9H2,1-2H3. The molecule has 3 rings (SSSR count). The monoisotopic (exact) mass is 320 g/mol. The smallest absolute Gasteiger partial charge is 0.0440 e. The quantitative estimate of drug-likeness (QED) is 0.645. The van der Waals surface area contributed by atoms with Gasteiger partial charge in [-0.25, -0.2) is 0 Å². The Bertz CT molecular complexity index is 543. The first-order valence-electron chi connectivity index (χ1n) is 6.43. The maximum atomic E-state index is 3.92. The van der Waals surface area contributed by atoms with Crippen molar-refractivity contribution in [1.82, 2.24) is 0 Å². The van der Waals surface area contributed by atoms with Crippen LogP contribution in [0, 0.1) is 19.8 Å². The summed E-state index contributed by atoms with van der Waals surface area (Å²) in [6, 6.07) is 13.3. The molecule has 3 atom stereocenters. The molecule has 1 saturated carbocycles. The van der Waals surface area contributed by atoms with Crippen LogP contribution < -0.4 is 0 Å². The highest BCUT2D eigenvalue weighted by molar-refractivity contribution is 9.09. The van der Waals surface area contributed by atoms with Gasteiger partial charge in [-0.2, -0.15) is 0 Å². The molecular formula is C16H17BrS. The van der Waals surface area contributed by atoms with Crippen molar-refractivity contribution in [2.75, 3.05) is 0 Å². The second kappa shape index (κ2) is 4.82. The van der Waals surface area contributed by atoms with Gasteiger partial charge in [0.1, 0.15) is 0 Å². The second-order valence-corrected chi connectivity index (χ2v) is 7.63. The summed E-state index contributed by atoms with van der Waals surface area (Å²) in [5.41, 5.74) is 3.00. The van der Waals surface area contributed by atoms with Crippen molar-refractivity contribution in [2.24, 2.45) is 5.92 Å². The molecule has 94 valence electrons. The van der Waals surface area contributed by atoms with Gasteiger partial charge in [-0.05, 0) is 49.3 Å². The fourth-order valence-electron chi connectivity index (χ4n) is 2.78. The lowest BCUT2D eigenvalue weighted by molar-refractivity contribution is 0.785. The van der Waals surface area contributed by atoms with Crippen LogP contribution in [0.5, 0.6) is 0 Å². The molecule has 0 aliphatic heterocycles. The molecule has 0 saturated heterocycles. The molecule has 1 aromatic carbocycles. The molecule has 2 heteroatoms. The molecule has 1 aliphatic rings. The lowest BCUT2D eigenvalue weighted by Crippen LogP contribution is -1.94. The Morgan fingerprint density at radius 1 is 1.22 bits per heavy atom. The summed E-state index contributed by atoms with van der Waals surface area (Å²) in [4.78, 5) is 3.41. The van der Waals surface area contributed by atoms with E-state index in [1.165, 1.54) is 27.3 Å². The Morgan fingerprint density at radius 3 is 2.56 bits per heavy atom. The van der Waals surface area contributed by atoms with Crippen molar-refractivity contribution in [2.45, 2.75) is 31.0 Å². The maximum absolute atomic E-state index is 3.92. The summed E-state index contributed by atoms with van der Waals surface area (Å²) in [7, 11) is 0. The van der Waals surface area contributed by atoms with Crippen LogP contribution in [0.15, 0.2) is 36.4 Å². The first-order valence-corrected chi connectivity index (χ1v) is 8.16. The second-order valence-electron chi connectivity index (χ2n) is 5.19. The van der Waals surface area contributed by atoms with Gasteiger partial charge in [-0.1, -0.05) is 46.3 Å². The van der Waals surface area contributed by atoms with E-state index < -0.39 is 0 Å².